The molecule has 1 aliphatic rings. The molecule has 1 aliphatic heterocycles. The van der Waals surface area contributed by atoms with Gasteiger partial charge in [0.2, 0.25) is 15.9 Å². The minimum Gasteiger partial charge on any atom is -0.491 e. The third kappa shape index (κ3) is 9.45. The number of carbonyl (C=O) groups excluding carboxylic acids is 3. The van der Waals surface area contributed by atoms with E-state index in [1.54, 1.807) is 6.92 Å². The molecule has 3 rings (SSSR count). The molecule has 230 valence electrons. The van der Waals surface area contributed by atoms with Gasteiger partial charge < -0.3 is 26.0 Å². The smallest absolute Gasteiger partial charge is 0.251 e. The van der Waals surface area contributed by atoms with Crippen molar-refractivity contribution in [3.63, 3.8) is 0 Å². The third-order valence-electron chi connectivity index (χ3n) is 6.92. The molecule has 2 unspecified atom stereocenters. The van der Waals surface area contributed by atoms with Crippen LogP contribution in [-0.2, 0) is 21.2 Å². The van der Waals surface area contributed by atoms with Gasteiger partial charge in [0, 0.05) is 37.3 Å². The van der Waals surface area contributed by atoms with Gasteiger partial charge in [-0.1, -0.05) is 32.9 Å². The van der Waals surface area contributed by atoms with Gasteiger partial charge in [-0.2, -0.15) is 0 Å². The van der Waals surface area contributed by atoms with Crippen LogP contribution in [0.2, 0.25) is 0 Å². The molecule has 0 aliphatic carbocycles. The largest absolute Gasteiger partial charge is 0.491 e. The van der Waals surface area contributed by atoms with Gasteiger partial charge in [0.05, 0.1) is 24.0 Å². The molecule has 42 heavy (non-hydrogen) atoms. The Labute approximate surface area is 248 Å². The maximum absolute atomic E-state index is 13.6. The van der Waals surface area contributed by atoms with Crippen molar-refractivity contribution in [2.75, 3.05) is 37.3 Å². The molecule has 0 aromatic heterocycles. The Morgan fingerprint density at radius 2 is 1.76 bits per heavy atom. The molecular weight excluding hydrogens is 558 g/mol. The zero-order valence-electron chi connectivity index (χ0n) is 25.2. The summed E-state index contributed by atoms with van der Waals surface area (Å²) in [6, 6.07) is 10.6. The van der Waals surface area contributed by atoms with Crippen molar-refractivity contribution in [3.05, 3.63) is 59.2 Å². The number of fused-ring (bicyclic) bond motifs is 4. The van der Waals surface area contributed by atoms with Crippen LogP contribution in [0.25, 0.3) is 0 Å². The predicted molar refractivity (Wildman–Crippen MR) is 163 cm³/mol. The van der Waals surface area contributed by atoms with E-state index in [2.05, 4.69) is 21.3 Å². The van der Waals surface area contributed by atoms with Crippen molar-refractivity contribution in [2.24, 2.45) is 5.92 Å². The fraction of sp³-hybridized carbons (Fsp3) is 0.500. The molecule has 0 spiro atoms. The van der Waals surface area contributed by atoms with Crippen molar-refractivity contribution >= 4 is 33.4 Å². The molecule has 11 nitrogen and oxygen atoms in total. The maximum atomic E-state index is 13.6. The summed E-state index contributed by atoms with van der Waals surface area (Å²) >= 11 is 0. The van der Waals surface area contributed by atoms with Crippen LogP contribution in [0.3, 0.4) is 0 Å². The topological polar surface area (TPSA) is 146 Å². The fourth-order valence-electron chi connectivity index (χ4n) is 4.44. The van der Waals surface area contributed by atoms with Crippen LogP contribution in [0.5, 0.6) is 5.75 Å². The molecule has 2 aromatic carbocycles. The molecule has 12 heteroatoms. The van der Waals surface area contributed by atoms with E-state index in [1.165, 1.54) is 25.2 Å². The highest BCUT2D eigenvalue weighted by Crippen LogP contribution is 2.22. The number of hydrogen-bond acceptors (Lipinski definition) is 7. The maximum Gasteiger partial charge on any atom is 0.251 e. The van der Waals surface area contributed by atoms with E-state index >= 15 is 0 Å². The first-order valence-electron chi connectivity index (χ1n) is 14.2. The average Bonchev–Trinajstić information content (AvgIpc) is 2.93. The molecule has 2 aromatic rings. The summed E-state index contributed by atoms with van der Waals surface area (Å²) in [5.41, 5.74) is 1.36. The molecule has 4 bridgehead atoms. The van der Waals surface area contributed by atoms with Gasteiger partial charge in [-0.05, 0) is 61.6 Å². The van der Waals surface area contributed by atoms with Gasteiger partial charge in [0.1, 0.15) is 12.4 Å². The van der Waals surface area contributed by atoms with Crippen LogP contribution in [0.1, 0.15) is 60.4 Å². The number of amides is 3. The Kier molecular flexibility index (Phi) is 11.3. The van der Waals surface area contributed by atoms with E-state index in [9.17, 15) is 22.8 Å². The van der Waals surface area contributed by atoms with E-state index in [-0.39, 0.29) is 41.9 Å². The monoisotopic (exact) mass is 601 g/mol. The minimum absolute atomic E-state index is 0.105. The highest BCUT2D eigenvalue weighted by atomic mass is 32.2. The molecule has 0 saturated carbocycles. The molecular formula is C30H43N5O6S. The summed E-state index contributed by atoms with van der Waals surface area (Å²) in [4.78, 5) is 39.5. The minimum atomic E-state index is -3.66. The third-order valence-corrected chi connectivity index (χ3v) is 8.12. The van der Waals surface area contributed by atoms with Gasteiger partial charge in [-0.25, -0.2) is 8.42 Å². The SMILES string of the molecule is CCC(NC[C@@H]1Cc2cccc(c2)OCC(C)NC(=O)c2cc(cc(N(C)S(C)(=O)=O)c2)C(=O)N1)C(=O)NCC(C)C. The Bertz CT molecular complexity index is 1380. The highest BCUT2D eigenvalue weighted by Gasteiger charge is 2.23. The van der Waals surface area contributed by atoms with Gasteiger partial charge in [-0.15, -0.1) is 0 Å². The number of rotatable bonds is 9. The van der Waals surface area contributed by atoms with Crippen molar-refractivity contribution in [2.45, 2.75) is 58.7 Å². The summed E-state index contributed by atoms with van der Waals surface area (Å²) < 4.78 is 31.6. The summed E-state index contributed by atoms with van der Waals surface area (Å²) in [7, 11) is -2.30. The second-order valence-electron chi connectivity index (χ2n) is 11.2. The normalized spacial score (nSPS) is 18.5. The Balaban J connectivity index is 1.98. The highest BCUT2D eigenvalue weighted by molar-refractivity contribution is 7.92. The number of benzene rings is 2. The second-order valence-corrected chi connectivity index (χ2v) is 13.2. The molecule has 3 atom stereocenters. The van der Waals surface area contributed by atoms with Crippen molar-refractivity contribution in [1.29, 1.82) is 0 Å². The summed E-state index contributed by atoms with van der Waals surface area (Å²) in [6.45, 7) is 8.82. The molecule has 0 fully saturated rings. The van der Waals surface area contributed by atoms with Crippen molar-refractivity contribution in [1.82, 2.24) is 21.3 Å². The number of sulfonamides is 1. The lowest BCUT2D eigenvalue weighted by Crippen LogP contribution is -2.50. The second kappa shape index (κ2) is 14.5. The molecule has 0 radical (unpaired) electrons. The lowest BCUT2D eigenvalue weighted by molar-refractivity contribution is -0.123. The number of carbonyl (C=O) groups is 3. The van der Waals surface area contributed by atoms with Gasteiger partial charge >= 0.3 is 0 Å². The quantitative estimate of drug-likeness (QED) is 0.344. The number of nitrogens with one attached hydrogen (secondary N) is 4. The Morgan fingerprint density at radius 3 is 2.38 bits per heavy atom. The molecule has 1 heterocycles. The van der Waals surface area contributed by atoms with Crippen molar-refractivity contribution in [3.8, 4) is 5.75 Å². The van der Waals surface area contributed by atoms with E-state index < -0.39 is 33.9 Å². The van der Waals surface area contributed by atoms with Gasteiger partial charge in [0.15, 0.2) is 0 Å². The lowest BCUT2D eigenvalue weighted by Gasteiger charge is -2.24. The number of hydrogen-bond donors (Lipinski definition) is 4. The van der Waals surface area contributed by atoms with E-state index in [1.807, 2.05) is 45.0 Å². The standard InChI is InChI=1S/C30H43N5O6S/c1-7-27(30(38)32-16-19(2)3)31-17-24-11-21-9-8-10-26(12-21)41-18-20(4)33-28(36)22-13-23(29(37)34-24)15-25(14-22)35(5)42(6,39)40/h8-10,12-15,19-20,24,27,31H,7,11,16-18H2,1-6H3,(H,32,38)(H,33,36)(H,34,37)/t20?,24-,27?/m0/s1. The number of ether oxygens (including phenoxy) is 1. The van der Waals surface area contributed by atoms with Crippen LogP contribution >= 0.6 is 0 Å². The number of anilines is 1. The van der Waals surface area contributed by atoms with E-state index in [0.717, 1.165) is 16.1 Å². The Morgan fingerprint density at radius 1 is 1.10 bits per heavy atom. The van der Waals surface area contributed by atoms with Crippen LogP contribution in [0.4, 0.5) is 5.69 Å². The Hall–Kier alpha value is -3.64. The number of nitrogens with zero attached hydrogens (tertiary/aromatic N) is 1. The van der Waals surface area contributed by atoms with Crippen LogP contribution in [-0.4, -0.2) is 77.3 Å². The first kappa shape index (κ1) is 32.9. The van der Waals surface area contributed by atoms with Crippen molar-refractivity contribution < 1.29 is 27.5 Å². The summed E-state index contributed by atoms with van der Waals surface area (Å²) in [5, 5.41) is 12.1. The summed E-state index contributed by atoms with van der Waals surface area (Å²) in [5.74, 6) is -0.113. The summed E-state index contributed by atoms with van der Waals surface area (Å²) in [6.07, 6.45) is 2.04. The fourth-order valence-corrected chi connectivity index (χ4v) is 4.93. The lowest BCUT2D eigenvalue weighted by atomic mass is 10.0. The van der Waals surface area contributed by atoms with Gasteiger partial charge in [0.25, 0.3) is 11.8 Å². The van der Waals surface area contributed by atoms with Gasteiger partial charge in [-0.3, -0.25) is 18.7 Å². The molecule has 0 saturated heterocycles. The molecule has 4 N–H and O–H groups in total. The average molecular weight is 602 g/mol. The molecule has 3 amide bonds. The first-order chi connectivity index (χ1) is 19.8. The van der Waals surface area contributed by atoms with E-state index in [4.69, 9.17) is 4.74 Å². The predicted octanol–water partition coefficient (Wildman–Crippen LogP) is 2.07. The first-order valence-corrected chi connectivity index (χ1v) is 16.0. The zero-order valence-corrected chi connectivity index (χ0v) is 26.0. The van der Waals surface area contributed by atoms with E-state index in [0.29, 0.717) is 31.1 Å². The van der Waals surface area contributed by atoms with Crippen LogP contribution < -0.4 is 30.3 Å². The van der Waals surface area contributed by atoms with Crippen LogP contribution in [0.15, 0.2) is 42.5 Å². The van der Waals surface area contributed by atoms with Crippen LogP contribution in [0, 0.1) is 5.92 Å². The zero-order chi connectivity index (χ0) is 31.0.